The maximum absolute atomic E-state index is 5.46. The summed E-state index contributed by atoms with van der Waals surface area (Å²) in [5, 5.41) is 0. The second-order valence-electron chi connectivity index (χ2n) is 5.96. The molecule has 0 unspecified atom stereocenters. The molecule has 2 aliphatic carbocycles. The normalized spacial score (nSPS) is 40.9. The van der Waals surface area contributed by atoms with Crippen LogP contribution >= 0.6 is 0 Å². The van der Waals surface area contributed by atoms with Crippen molar-refractivity contribution in [2.75, 3.05) is 7.11 Å². The van der Waals surface area contributed by atoms with Crippen molar-refractivity contribution in [1.29, 1.82) is 0 Å². The molecule has 16 heavy (non-hydrogen) atoms. The minimum Gasteiger partial charge on any atom is -0.381 e. The van der Waals surface area contributed by atoms with Gasteiger partial charge in [-0.2, -0.15) is 0 Å². The molecule has 0 amide bonds. The van der Waals surface area contributed by atoms with Gasteiger partial charge in [0.05, 0.1) is 6.10 Å². The minimum absolute atomic E-state index is 0.572. The van der Waals surface area contributed by atoms with E-state index in [4.69, 9.17) is 4.74 Å². The van der Waals surface area contributed by atoms with Gasteiger partial charge in [0.1, 0.15) is 0 Å². The number of hydrogen-bond acceptors (Lipinski definition) is 1. The molecule has 0 aromatic carbocycles. The van der Waals surface area contributed by atoms with Gasteiger partial charge in [0, 0.05) is 7.11 Å². The molecule has 2 fully saturated rings. The van der Waals surface area contributed by atoms with Gasteiger partial charge in [0.2, 0.25) is 0 Å². The fraction of sp³-hybridized carbons (Fsp3) is 1.00. The average Bonchev–Trinajstić information content (AvgIpc) is 2.39. The van der Waals surface area contributed by atoms with Gasteiger partial charge in [-0.25, -0.2) is 0 Å². The second kappa shape index (κ2) is 6.05. The summed E-state index contributed by atoms with van der Waals surface area (Å²) in [6.45, 7) is 2.36. The van der Waals surface area contributed by atoms with Gasteiger partial charge in [0.25, 0.3) is 0 Å². The molecule has 2 rings (SSSR count). The molecule has 0 N–H and O–H groups in total. The van der Waals surface area contributed by atoms with E-state index in [1.807, 2.05) is 7.11 Å². The average molecular weight is 224 g/mol. The first-order valence-corrected chi connectivity index (χ1v) is 7.36. The molecule has 0 heterocycles. The van der Waals surface area contributed by atoms with Gasteiger partial charge >= 0.3 is 0 Å². The summed E-state index contributed by atoms with van der Waals surface area (Å²) < 4.78 is 5.46. The first kappa shape index (κ1) is 12.4. The van der Waals surface area contributed by atoms with Crippen LogP contribution in [0.2, 0.25) is 0 Å². The van der Waals surface area contributed by atoms with E-state index >= 15 is 0 Å². The Morgan fingerprint density at radius 3 is 1.75 bits per heavy atom. The van der Waals surface area contributed by atoms with Crippen LogP contribution in [0.5, 0.6) is 0 Å². The van der Waals surface area contributed by atoms with E-state index in [-0.39, 0.29) is 0 Å². The third kappa shape index (κ3) is 3.00. The molecule has 0 aromatic rings. The zero-order valence-corrected chi connectivity index (χ0v) is 11.1. The van der Waals surface area contributed by atoms with Crippen LogP contribution in [0, 0.1) is 17.8 Å². The Bertz CT molecular complexity index is 164. The van der Waals surface area contributed by atoms with Crippen molar-refractivity contribution in [3.8, 4) is 0 Å². The standard InChI is InChI=1S/C15H28O/c1-3-12-4-6-13(7-5-12)14-8-10-15(16-2)11-9-14/h12-15H,3-11H2,1-2H3/t12-,13-,14-,15-. The lowest BCUT2D eigenvalue weighted by atomic mass is 9.70. The van der Waals surface area contributed by atoms with Gasteiger partial charge in [-0.1, -0.05) is 26.2 Å². The molecule has 1 nitrogen and oxygen atoms in total. The first-order chi connectivity index (χ1) is 7.83. The highest BCUT2D eigenvalue weighted by molar-refractivity contribution is 4.81. The van der Waals surface area contributed by atoms with Crippen LogP contribution in [-0.4, -0.2) is 13.2 Å². The predicted octanol–water partition coefficient (Wildman–Crippen LogP) is 4.41. The molecule has 0 saturated heterocycles. The van der Waals surface area contributed by atoms with Gasteiger partial charge < -0.3 is 4.74 Å². The van der Waals surface area contributed by atoms with Gasteiger partial charge in [-0.05, 0) is 56.3 Å². The molecule has 94 valence electrons. The Hall–Kier alpha value is -0.0400. The van der Waals surface area contributed by atoms with E-state index in [9.17, 15) is 0 Å². The predicted molar refractivity (Wildman–Crippen MR) is 68.5 cm³/mol. The molecular formula is C15H28O. The van der Waals surface area contributed by atoms with Crippen molar-refractivity contribution >= 4 is 0 Å². The smallest absolute Gasteiger partial charge is 0.0571 e. The van der Waals surface area contributed by atoms with Crippen LogP contribution in [0.15, 0.2) is 0 Å². The van der Waals surface area contributed by atoms with Crippen molar-refractivity contribution < 1.29 is 4.74 Å². The number of rotatable bonds is 3. The fourth-order valence-electron chi connectivity index (χ4n) is 3.86. The highest BCUT2D eigenvalue weighted by atomic mass is 16.5. The zero-order chi connectivity index (χ0) is 11.4. The van der Waals surface area contributed by atoms with E-state index in [2.05, 4.69) is 6.92 Å². The van der Waals surface area contributed by atoms with Crippen molar-refractivity contribution in [3.63, 3.8) is 0 Å². The minimum atomic E-state index is 0.572. The largest absolute Gasteiger partial charge is 0.381 e. The molecule has 2 aliphatic rings. The van der Waals surface area contributed by atoms with Crippen LogP contribution in [0.3, 0.4) is 0 Å². The Labute approximate surface area is 101 Å². The zero-order valence-electron chi connectivity index (χ0n) is 11.1. The van der Waals surface area contributed by atoms with Crippen LogP contribution < -0.4 is 0 Å². The number of hydrogen-bond donors (Lipinski definition) is 0. The van der Waals surface area contributed by atoms with Crippen LogP contribution in [0.4, 0.5) is 0 Å². The molecule has 0 radical (unpaired) electrons. The third-order valence-electron chi connectivity index (χ3n) is 5.19. The summed E-state index contributed by atoms with van der Waals surface area (Å²) >= 11 is 0. The van der Waals surface area contributed by atoms with Gasteiger partial charge in [-0.3, -0.25) is 0 Å². The first-order valence-electron chi connectivity index (χ1n) is 7.36. The molecule has 1 heteroatoms. The van der Waals surface area contributed by atoms with Gasteiger partial charge in [0.15, 0.2) is 0 Å². The molecule has 0 aromatic heterocycles. The van der Waals surface area contributed by atoms with Crippen LogP contribution in [-0.2, 0) is 4.74 Å². The van der Waals surface area contributed by atoms with Crippen LogP contribution in [0.1, 0.15) is 64.7 Å². The van der Waals surface area contributed by atoms with E-state index in [1.54, 1.807) is 0 Å². The third-order valence-corrected chi connectivity index (χ3v) is 5.19. The summed E-state index contributed by atoms with van der Waals surface area (Å²) in [6.07, 6.45) is 13.5. The molecule has 0 atom stereocenters. The van der Waals surface area contributed by atoms with E-state index in [0.29, 0.717) is 6.10 Å². The number of methoxy groups -OCH3 is 1. The van der Waals surface area contributed by atoms with Crippen molar-refractivity contribution in [1.82, 2.24) is 0 Å². The maximum Gasteiger partial charge on any atom is 0.0571 e. The number of ether oxygens (including phenoxy) is 1. The van der Waals surface area contributed by atoms with Crippen LogP contribution in [0.25, 0.3) is 0 Å². The quantitative estimate of drug-likeness (QED) is 0.690. The lowest BCUT2D eigenvalue weighted by molar-refractivity contribution is 0.0393. The maximum atomic E-state index is 5.46. The highest BCUT2D eigenvalue weighted by Crippen LogP contribution is 2.40. The monoisotopic (exact) mass is 224 g/mol. The lowest BCUT2D eigenvalue weighted by Crippen LogP contribution is -2.28. The van der Waals surface area contributed by atoms with E-state index < -0.39 is 0 Å². The molecular weight excluding hydrogens is 196 g/mol. The fourth-order valence-corrected chi connectivity index (χ4v) is 3.86. The summed E-state index contributed by atoms with van der Waals surface area (Å²) in [7, 11) is 1.87. The van der Waals surface area contributed by atoms with Crippen molar-refractivity contribution in [2.45, 2.75) is 70.8 Å². The van der Waals surface area contributed by atoms with E-state index in [0.717, 1.165) is 17.8 Å². The Morgan fingerprint density at radius 2 is 1.31 bits per heavy atom. The summed E-state index contributed by atoms with van der Waals surface area (Å²) in [5.41, 5.74) is 0. The SMILES string of the molecule is CC[C@H]1CC[C@H]([C@H]2CC[C@H](OC)CC2)CC1. The van der Waals surface area contributed by atoms with Crippen molar-refractivity contribution in [3.05, 3.63) is 0 Å². The molecule has 0 bridgehead atoms. The summed E-state index contributed by atoms with van der Waals surface area (Å²) in [5.74, 6) is 3.14. The summed E-state index contributed by atoms with van der Waals surface area (Å²) in [6, 6.07) is 0. The Kier molecular flexibility index (Phi) is 4.69. The Balaban J connectivity index is 1.73. The highest BCUT2D eigenvalue weighted by Gasteiger charge is 2.30. The van der Waals surface area contributed by atoms with E-state index in [1.165, 1.54) is 57.8 Å². The molecule has 2 saturated carbocycles. The topological polar surface area (TPSA) is 9.23 Å². The lowest BCUT2D eigenvalue weighted by Gasteiger charge is -2.37. The molecule has 0 spiro atoms. The van der Waals surface area contributed by atoms with Crippen molar-refractivity contribution in [2.24, 2.45) is 17.8 Å². The Morgan fingerprint density at radius 1 is 0.812 bits per heavy atom. The van der Waals surface area contributed by atoms with Gasteiger partial charge in [-0.15, -0.1) is 0 Å². The second-order valence-corrected chi connectivity index (χ2v) is 5.96. The summed E-state index contributed by atoms with van der Waals surface area (Å²) in [4.78, 5) is 0. The molecule has 0 aliphatic heterocycles.